The van der Waals surface area contributed by atoms with Crippen molar-refractivity contribution in [3.63, 3.8) is 0 Å². The molecular formula is C19H22N2O4S. The standard InChI is InChI=1S/C19H22N2O4S/c1-24-18(22)17(12-13-26-2)21-19(23)20-14-8-10-16(11-9-14)25-15-6-4-3-5-7-15/h3-11,17H,12-13H2,1-2H3,(H2,20,21,23). The van der Waals surface area contributed by atoms with Crippen molar-refractivity contribution < 1.29 is 19.1 Å². The molecule has 7 heteroatoms. The first kappa shape index (κ1) is 19.7. The summed E-state index contributed by atoms with van der Waals surface area (Å²) in [4.78, 5) is 23.8. The van der Waals surface area contributed by atoms with Gasteiger partial charge in [-0.15, -0.1) is 0 Å². The number of ether oxygens (including phenoxy) is 2. The number of anilines is 1. The van der Waals surface area contributed by atoms with Gasteiger partial charge in [0.1, 0.15) is 17.5 Å². The van der Waals surface area contributed by atoms with E-state index < -0.39 is 18.0 Å². The molecule has 2 amide bonds. The van der Waals surface area contributed by atoms with E-state index in [2.05, 4.69) is 10.6 Å². The molecule has 26 heavy (non-hydrogen) atoms. The summed E-state index contributed by atoms with van der Waals surface area (Å²) in [5, 5.41) is 5.33. The topological polar surface area (TPSA) is 76.7 Å². The summed E-state index contributed by atoms with van der Waals surface area (Å²) in [6.07, 6.45) is 2.44. The summed E-state index contributed by atoms with van der Waals surface area (Å²) in [6, 6.07) is 15.3. The third-order valence-corrected chi connectivity index (χ3v) is 4.14. The van der Waals surface area contributed by atoms with Crippen LogP contribution in [0.15, 0.2) is 54.6 Å². The highest BCUT2D eigenvalue weighted by atomic mass is 32.2. The molecule has 0 radical (unpaired) electrons. The lowest BCUT2D eigenvalue weighted by Crippen LogP contribution is -2.44. The van der Waals surface area contributed by atoms with Crippen LogP contribution in [-0.2, 0) is 9.53 Å². The Morgan fingerprint density at radius 1 is 1.04 bits per heavy atom. The van der Waals surface area contributed by atoms with Crippen LogP contribution in [0.4, 0.5) is 10.5 Å². The fraction of sp³-hybridized carbons (Fsp3) is 0.263. The number of carbonyl (C=O) groups excluding carboxylic acids is 2. The van der Waals surface area contributed by atoms with Gasteiger partial charge in [-0.1, -0.05) is 18.2 Å². The largest absolute Gasteiger partial charge is 0.467 e. The second-order valence-corrected chi connectivity index (χ2v) is 6.38. The minimum Gasteiger partial charge on any atom is -0.467 e. The molecule has 2 aromatic rings. The maximum absolute atomic E-state index is 12.1. The van der Waals surface area contributed by atoms with Crippen LogP contribution >= 0.6 is 11.8 Å². The van der Waals surface area contributed by atoms with Crippen molar-refractivity contribution in [2.45, 2.75) is 12.5 Å². The van der Waals surface area contributed by atoms with E-state index in [1.165, 1.54) is 7.11 Å². The minimum absolute atomic E-state index is 0.458. The molecule has 0 spiro atoms. The van der Waals surface area contributed by atoms with Gasteiger partial charge in [-0.25, -0.2) is 9.59 Å². The summed E-state index contributed by atoms with van der Waals surface area (Å²) < 4.78 is 10.4. The zero-order chi connectivity index (χ0) is 18.8. The first-order valence-corrected chi connectivity index (χ1v) is 9.49. The molecular weight excluding hydrogens is 352 g/mol. The molecule has 138 valence electrons. The maximum atomic E-state index is 12.1. The van der Waals surface area contributed by atoms with Crippen LogP contribution in [0, 0.1) is 0 Å². The molecule has 1 atom stereocenters. The number of amides is 2. The number of thioether (sulfide) groups is 1. The Balaban J connectivity index is 1.90. The van der Waals surface area contributed by atoms with Crippen LogP contribution in [-0.4, -0.2) is 37.2 Å². The molecule has 0 bridgehead atoms. The van der Waals surface area contributed by atoms with E-state index in [0.29, 0.717) is 17.9 Å². The Hall–Kier alpha value is -2.67. The zero-order valence-electron chi connectivity index (χ0n) is 14.7. The quantitative estimate of drug-likeness (QED) is 0.686. The number of para-hydroxylation sites is 1. The summed E-state index contributed by atoms with van der Waals surface area (Å²) in [7, 11) is 1.31. The van der Waals surface area contributed by atoms with Crippen LogP contribution < -0.4 is 15.4 Å². The fourth-order valence-corrected chi connectivity index (χ4v) is 2.65. The Bertz CT molecular complexity index is 707. The molecule has 2 aromatic carbocycles. The second-order valence-electron chi connectivity index (χ2n) is 5.40. The van der Waals surface area contributed by atoms with Crippen LogP contribution in [0.2, 0.25) is 0 Å². The predicted octanol–water partition coefficient (Wildman–Crippen LogP) is 3.90. The van der Waals surface area contributed by atoms with E-state index in [9.17, 15) is 9.59 Å². The highest BCUT2D eigenvalue weighted by Gasteiger charge is 2.20. The normalized spacial score (nSPS) is 11.3. The zero-order valence-corrected chi connectivity index (χ0v) is 15.5. The SMILES string of the molecule is COC(=O)C(CCSC)NC(=O)Nc1ccc(Oc2ccccc2)cc1. The Morgan fingerprint density at radius 3 is 2.31 bits per heavy atom. The monoisotopic (exact) mass is 374 g/mol. The highest BCUT2D eigenvalue weighted by Crippen LogP contribution is 2.22. The Morgan fingerprint density at radius 2 is 1.69 bits per heavy atom. The van der Waals surface area contributed by atoms with Gasteiger partial charge in [0.2, 0.25) is 0 Å². The molecule has 0 heterocycles. The minimum atomic E-state index is -0.673. The van der Waals surface area contributed by atoms with Crippen molar-refractivity contribution in [1.29, 1.82) is 0 Å². The van der Waals surface area contributed by atoms with E-state index in [1.807, 2.05) is 36.6 Å². The molecule has 0 aliphatic rings. The molecule has 2 N–H and O–H groups in total. The average molecular weight is 374 g/mol. The third kappa shape index (κ3) is 6.33. The molecule has 0 aliphatic carbocycles. The number of rotatable bonds is 8. The van der Waals surface area contributed by atoms with Crippen molar-refractivity contribution in [2.75, 3.05) is 24.4 Å². The highest BCUT2D eigenvalue weighted by molar-refractivity contribution is 7.98. The van der Waals surface area contributed by atoms with Crippen molar-refractivity contribution >= 4 is 29.4 Å². The Kier molecular flexibility index (Phi) is 7.82. The van der Waals surface area contributed by atoms with Crippen molar-refractivity contribution in [1.82, 2.24) is 5.32 Å². The first-order valence-electron chi connectivity index (χ1n) is 8.09. The van der Waals surface area contributed by atoms with Gasteiger partial charge in [0.25, 0.3) is 0 Å². The molecule has 1 unspecified atom stereocenters. The fourth-order valence-electron chi connectivity index (χ4n) is 2.18. The summed E-state index contributed by atoms with van der Waals surface area (Å²) in [5.74, 6) is 1.68. The smallest absolute Gasteiger partial charge is 0.328 e. The van der Waals surface area contributed by atoms with E-state index in [0.717, 1.165) is 11.5 Å². The number of esters is 1. The molecule has 6 nitrogen and oxygen atoms in total. The van der Waals surface area contributed by atoms with Crippen molar-refractivity contribution in [3.05, 3.63) is 54.6 Å². The number of nitrogens with one attached hydrogen (secondary N) is 2. The first-order chi connectivity index (χ1) is 12.6. The number of carbonyl (C=O) groups is 2. The van der Waals surface area contributed by atoms with Gasteiger partial charge in [0, 0.05) is 5.69 Å². The lowest BCUT2D eigenvalue weighted by molar-refractivity contribution is -0.142. The number of benzene rings is 2. The van der Waals surface area contributed by atoms with Gasteiger partial charge in [-0.3, -0.25) is 0 Å². The molecule has 0 saturated heterocycles. The van der Waals surface area contributed by atoms with Crippen LogP contribution in [0.5, 0.6) is 11.5 Å². The van der Waals surface area contributed by atoms with Gasteiger partial charge < -0.3 is 20.1 Å². The molecule has 0 aliphatic heterocycles. The van der Waals surface area contributed by atoms with E-state index in [-0.39, 0.29) is 0 Å². The Labute approximate surface area is 157 Å². The maximum Gasteiger partial charge on any atom is 0.328 e. The van der Waals surface area contributed by atoms with Gasteiger partial charge in [-0.05, 0) is 54.8 Å². The van der Waals surface area contributed by atoms with Crippen LogP contribution in [0.1, 0.15) is 6.42 Å². The lowest BCUT2D eigenvalue weighted by Gasteiger charge is -2.16. The van der Waals surface area contributed by atoms with Gasteiger partial charge in [-0.2, -0.15) is 11.8 Å². The summed E-state index contributed by atoms with van der Waals surface area (Å²) in [6.45, 7) is 0. The number of urea groups is 1. The number of hydrogen-bond donors (Lipinski definition) is 2. The van der Waals surface area contributed by atoms with Crippen LogP contribution in [0.25, 0.3) is 0 Å². The van der Waals surface area contributed by atoms with Gasteiger partial charge in [0.15, 0.2) is 0 Å². The van der Waals surface area contributed by atoms with Gasteiger partial charge in [0.05, 0.1) is 7.11 Å². The van der Waals surface area contributed by atoms with E-state index in [1.54, 1.807) is 36.0 Å². The van der Waals surface area contributed by atoms with Gasteiger partial charge >= 0.3 is 12.0 Å². The molecule has 0 fully saturated rings. The van der Waals surface area contributed by atoms with Crippen molar-refractivity contribution in [2.24, 2.45) is 0 Å². The third-order valence-electron chi connectivity index (χ3n) is 3.49. The summed E-state index contributed by atoms with van der Waals surface area (Å²) >= 11 is 1.60. The number of methoxy groups -OCH3 is 1. The van der Waals surface area contributed by atoms with Crippen molar-refractivity contribution in [3.8, 4) is 11.5 Å². The average Bonchev–Trinajstić information content (AvgIpc) is 2.67. The predicted molar refractivity (Wildman–Crippen MR) is 104 cm³/mol. The number of hydrogen-bond acceptors (Lipinski definition) is 5. The second kappa shape index (κ2) is 10.4. The van der Waals surface area contributed by atoms with E-state index >= 15 is 0 Å². The molecule has 0 aromatic heterocycles. The van der Waals surface area contributed by atoms with Crippen LogP contribution in [0.3, 0.4) is 0 Å². The molecule has 2 rings (SSSR count). The lowest BCUT2D eigenvalue weighted by atomic mass is 10.2. The van der Waals surface area contributed by atoms with E-state index in [4.69, 9.17) is 9.47 Å². The summed E-state index contributed by atoms with van der Waals surface area (Å²) in [5.41, 5.74) is 0.594. The molecule has 0 saturated carbocycles.